The zero-order chi connectivity index (χ0) is 30.0. The van der Waals surface area contributed by atoms with E-state index in [0.29, 0.717) is 25.3 Å². The molecule has 4 atom stereocenters. The van der Waals surface area contributed by atoms with Crippen molar-refractivity contribution in [3.05, 3.63) is 87.9 Å². The van der Waals surface area contributed by atoms with Crippen LogP contribution < -0.4 is 25.0 Å². The number of aliphatic hydroxyl groups is 1. The van der Waals surface area contributed by atoms with Gasteiger partial charge in [0.15, 0.2) is 6.10 Å². The number of hydrogen-bond donors (Lipinski definition) is 3. The minimum absolute atomic E-state index is 0.0715. The van der Waals surface area contributed by atoms with Gasteiger partial charge in [-0.15, -0.1) is 0 Å². The third kappa shape index (κ3) is 6.71. The number of nitrogens with one attached hydrogen (secondary N) is 2. The Morgan fingerprint density at radius 2 is 1.84 bits per heavy atom. The zero-order valence-electron chi connectivity index (χ0n) is 25.0. The summed E-state index contributed by atoms with van der Waals surface area (Å²) in [4.78, 5) is 15.6. The second kappa shape index (κ2) is 12.9. The minimum Gasteiger partial charge on any atom is -0.487 e. The van der Waals surface area contributed by atoms with Crippen molar-refractivity contribution in [2.24, 2.45) is 0 Å². The fourth-order valence-electron chi connectivity index (χ4n) is 6.84. The fourth-order valence-corrected chi connectivity index (χ4v) is 7.19. The average Bonchev–Trinajstić information content (AvgIpc) is 3.46. The maximum atomic E-state index is 13.6. The van der Waals surface area contributed by atoms with Crippen LogP contribution in [0.15, 0.2) is 71.2 Å². The van der Waals surface area contributed by atoms with Gasteiger partial charge in [0.25, 0.3) is 5.91 Å². The molecule has 0 unspecified atom stereocenters. The number of benzene rings is 3. The number of ether oxygens (including phenoxy) is 2. The summed E-state index contributed by atoms with van der Waals surface area (Å²) in [7, 11) is 1.96. The van der Waals surface area contributed by atoms with Crippen molar-refractivity contribution in [2.45, 2.75) is 81.8 Å². The molecule has 2 aliphatic heterocycles. The summed E-state index contributed by atoms with van der Waals surface area (Å²) < 4.78 is 13.7. The van der Waals surface area contributed by atoms with Crippen LogP contribution in [0.3, 0.4) is 0 Å². The molecule has 8 heteroatoms. The maximum absolute atomic E-state index is 13.6. The van der Waals surface area contributed by atoms with Crippen molar-refractivity contribution in [3.8, 4) is 11.5 Å². The van der Waals surface area contributed by atoms with Crippen LogP contribution in [0.4, 0.5) is 5.69 Å². The molecule has 1 fully saturated rings. The number of hydrogen-bond acceptors (Lipinski definition) is 6. The first-order chi connectivity index (χ1) is 20.8. The van der Waals surface area contributed by atoms with Gasteiger partial charge in [0.2, 0.25) is 0 Å². The molecule has 3 aromatic rings. The van der Waals surface area contributed by atoms with E-state index in [9.17, 15) is 9.90 Å². The molecule has 0 saturated heterocycles. The van der Waals surface area contributed by atoms with Gasteiger partial charge in [-0.3, -0.25) is 4.79 Å². The summed E-state index contributed by atoms with van der Waals surface area (Å²) in [6.07, 6.45) is 5.34. The van der Waals surface area contributed by atoms with E-state index in [0.717, 1.165) is 52.7 Å². The first-order valence-electron chi connectivity index (χ1n) is 15.6. The molecule has 3 aliphatic rings. The highest BCUT2D eigenvalue weighted by Gasteiger charge is 2.43. The summed E-state index contributed by atoms with van der Waals surface area (Å²) >= 11 is 3.52. The number of halogens is 1. The van der Waals surface area contributed by atoms with E-state index in [1.807, 2.05) is 60.5 Å². The fraction of sp³-hybridized carbons (Fsp3) is 0.457. The third-order valence-electron chi connectivity index (χ3n) is 9.27. The smallest absolute Gasteiger partial charge is 0.263 e. The number of nitrogens with zero attached hydrogens (tertiary/aromatic N) is 1. The lowest BCUT2D eigenvalue weighted by atomic mass is 9.85. The van der Waals surface area contributed by atoms with E-state index in [1.165, 1.54) is 18.4 Å². The Morgan fingerprint density at radius 1 is 1.07 bits per heavy atom. The average molecular weight is 649 g/mol. The molecular weight excluding hydrogens is 606 g/mol. The first kappa shape index (κ1) is 30.0. The quantitative estimate of drug-likeness (QED) is 0.275. The van der Waals surface area contributed by atoms with Crippen LogP contribution in [-0.2, 0) is 17.6 Å². The number of rotatable bonds is 9. The lowest BCUT2D eigenvalue weighted by molar-refractivity contribution is -0.129. The second-order valence-corrected chi connectivity index (χ2v) is 13.3. The molecule has 1 aliphatic carbocycles. The minimum atomic E-state index is -0.811. The van der Waals surface area contributed by atoms with Gasteiger partial charge < -0.3 is 30.1 Å². The molecule has 0 aromatic heterocycles. The molecule has 43 heavy (non-hydrogen) atoms. The van der Waals surface area contributed by atoms with Crippen molar-refractivity contribution in [1.82, 2.24) is 10.6 Å². The van der Waals surface area contributed by atoms with Crippen LogP contribution in [-0.4, -0.2) is 55.0 Å². The number of fused-ring (bicyclic) bond motifs is 2. The van der Waals surface area contributed by atoms with Gasteiger partial charge in [-0.05, 0) is 73.9 Å². The molecule has 7 nitrogen and oxygen atoms in total. The van der Waals surface area contributed by atoms with Crippen molar-refractivity contribution < 1.29 is 19.4 Å². The predicted octanol–water partition coefficient (Wildman–Crippen LogP) is 5.72. The van der Waals surface area contributed by atoms with Crippen LogP contribution in [0.2, 0.25) is 0 Å². The number of carbonyl (C=O) groups excluding carboxylic acids is 1. The second-order valence-electron chi connectivity index (χ2n) is 12.4. The Bertz CT molecular complexity index is 1430. The molecule has 1 amide bonds. The maximum Gasteiger partial charge on any atom is 0.263 e. The monoisotopic (exact) mass is 647 g/mol. The van der Waals surface area contributed by atoms with E-state index in [1.54, 1.807) is 0 Å². The van der Waals surface area contributed by atoms with Crippen LogP contribution >= 0.6 is 15.9 Å². The molecule has 2 heterocycles. The van der Waals surface area contributed by atoms with E-state index >= 15 is 0 Å². The highest BCUT2D eigenvalue weighted by atomic mass is 79.9. The Labute approximate surface area is 263 Å². The van der Waals surface area contributed by atoms with Crippen molar-refractivity contribution in [1.29, 1.82) is 0 Å². The Hall–Kier alpha value is -3.07. The zero-order valence-corrected chi connectivity index (χ0v) is 26.6. The summed E-state index contributed by atoms with van der Waals surface area (Å²) in [5.41, 5.74) is 4.29. The van der Waals surface area contributed by atoms with E-state index in [2.05, 4.69) is 51.7 Å². The topological polar surface area (TPSA) is 83.1 Å². The standard InChI is InChI=1S/C35H42BrN3O4/c1-3-23-11-13-31-26(17-23)28(20-35(43-31)15-7-8-16-35)37-21-30(40)27(18-24-9-5-4-6-10-24)38-34(41)33-22-39(2)29-19-25(36)12-14-32(29)42-33/h4-6,9-14,17,19,27-28,30,33,37,40H,3,7-8,15-16,18,20-22H2,1-2H3,(H,38,41)/t27-,28-,30+,33+/m0/s1. The summed E-state index contributed by atoms with van der Waals surface area (Å²) in [5.74, 6) is 1.40. The van der Waals surface area contributed by atoms with E-state index in [4.69, 9.17) is 9.47 Å². The molecule has 0 bridgehead atoms. The highest BCUT2D eigenvalue weighted by molar-refractivity contribution is 9.10. The van der Waals surface area contributed by atoms with Crippen LogP contribution in [0, 0.1) is 0 Å². The number of aliphatic hydroxyl groups excluding tert-OH is 1. The van der Waals surface area contributed by atoms with Gasteiger partial charge in [0.05, 0.1) is 24.4 Å². The molecule has 0 radical (unpaired) electrons. The van der Waals surface area contributed by atoms with Crippen LogP contribution in [0.5, 0.6) is 11.5 Å². The predicted molar refractivity (Wildman–Crippen MR) is 173 cm³/mol. The van der Waals surface area contributed by atoms with E-state index in [-0.39, 0.29) is 17.6 Å². The number of amides is 1. The number of aryl methyl sites for hydroxylation is 1. The third-order valence-corrected chi connectivity index (χ3v) is 9.77. The molecule has 228 valence electrons. The SMILES string of the molecule is CCc1ccc2c(c1)[C@@H](NC[C@@H](O)[C@H](Cc1ccccc1)NC(=O)[C@H]1CN(C)c3cc(Br)ccc3O1)CC1(CCCC1)O2. The van der Waals surface area contributed by atoms with E-state index < -0.39 is 18.2 Å². The normalized spacial score (nSPS) is 21.7. The van der Waals surface area contributed by atoms with Crippen LogP contribution in [0.1, 0.15) is 61.8 Å². The van der Waals surface area contributed by atoms with Crippen molar-refractivity contribution in [2.75, 3.05) is 25.0 Å². The van der Waals surface area contributed by atoms with Gasteiger partial charge in [0, 0.05) is 36.1 Å². The Morgan fingerprint density at radius 3 is 2.60 bits per heavy atom. The highest BCUT2D eigenvalue weighted by Crippen LogP contribution is 2.47. The number of likely N-dealkylation sites (N-methyl/N-ethyl adjacent to an activating group) is 1. The summed E-state index contributed by atoms with van der Waals surface area (Å²) in [6, 6.07) is 21.9. The summed E-state index contributed by atoms with van der Waals surface area (Å²) in [6.45, 7) is 2.93. The molecular formula is C35H42BrN3O4. The largest absolute Gasteiger partial charge is 0.487 e. The van der Waals surface area contributed by atoms with Crippen LogP contribution in [0.25, 0.3) is 0 Å². The molecule has 3 N–H and O–H groups in total. The lowest BCUT2D eigenvalue weighted by Gasteiger charge is -2.41. The van der Waals surface area contributed by atoms with Gasteiger partial charge in [0.1, 0.15) is 17.1 Å². The van der Waals surface area contributed by atoms with Crippen molar-refractivity contribution >= 4 is 27.5 Å². The molecule has 6 rings (SSSR count). The molecule has 1 spiro atoms. The Kier molecular flexibility index (Phi) is 8.98. The van der Waals surface area contributed by atoms with Crippen molar-refractivity contribution in [3.63, 3.8) is 0 Å². The number of anilines is 1. The van der Waals surface area contributed by atoms with Gasteiger partial charge >= 0.3 is 0 Å². The number of carbonyl (C=O) groups is 1. The Balaban J connectivity index is 1.18. The molecule has 1 saturated carbocycles. The summed E-state index contributed by atoms with van der Waals surface area (Å²) in [5, 5.41) is 18.5. The first-order valence-corrected chi connectivity index (χ1v) is 16.4. The molecule has 3 aromatic carbocycles. The van der Waals surface area contributed by atoms with Gasteiger partial charge in [-0.25, -0.2) is 0 Å². The lowest BCUT2D eigenvalue weighted by Crippen LogP contribution is -2.55. The van der Waals surface area contributed by atoms with Gasteiger partial charge in [-0.2, -0.15) is 0 Å². The van der Waals surface area contributed by atoms with Gasteiger partial charge in [-0.1, -0.05) is 65.3 Å².